The second kappa shape index (κ2) is 5.03. The summed E-state index contributed by atoms with van der Waals surface area (Å²) in [7, 11) is 0. The maximum absolute atomic E-state index is 12.2. The maximum Gasteiger partial charge on any atom is 0.249 e. The quantitative estimate of drug-likeness (QED) is 0.658. The van der Waals surface area contributed by atoms with Crippen molar-refractivity contribution in [2.24, 2.45) is 11.3 Å². The molecule has 2 nitrogen and oxygen atoms in total. The van der Waals surface area contributed by atoms with Crippen LogP contribution in [0.25, 0.3) is 0 Å². The maximum atomic E-state index is 12.2. The van der Waals surface area contributed by atoms with E-state index >= 15 is 0 Å². The topological polar surface area (TPSA) is 20.3 Å². The predicted octanol–water partition coefficient (Wildman–Crippen LogP) is 3.24. The first kappa shape index (κ1) is 13.3. The van der Waals surface area contributed by atoms with Gasteiger partial charge in [-0.3, -0.25) is 4.79 Å². The third kappa shape index (κ3) is 3.10. The number of hydrogen-bond donors (Lipinski definition) is 0. The van der Waals surface area contributed by atoms with Crippen LogP contribution in [0.2, 0.25) is 0 Å². The molecule has 0 atom stereocenters. The van der Waals surface area contributed by atoms with E-state index in [-0.39, 0.29) is 11.3 Å². The molecule has 1 heterocycles. The Morgan fingerprint density at radius 3 is 2.19 bits per heavy atom. The lowest BCUT2D eigenvalue weighted by atomic mass is 9.86. The number of piperidine rings is 1. The highest BCUT2D eigenvalue weighted by molar-refractivity contribution is 5.94. The fraction of sp³-hybridized carbons (Fsp3) is 0.786. The van der Waals surface area contributed by atoms with Crippen molar-refractivity contribution in [3.05, 3.63) is 12.2 Å². The molecule has 1 fully saturated rings. The zero-order valence-corrected chi connectivity index (χ0v) is 11.2. The van der Waals surface area contributed by atoms with E-state index in [2.05, 4.69) is 13.5 Å². The molecule has 92 valence electrons. The molecule has 1 rings (SSSR count). The van der Waals surface area contributed by atoms with Crippen molar-refractivity contribution in [2.75, 3.05) is 13.1 Å². The van der Waals surface area contributed by atoms with Crippen LogP contribution in [0.4, 0.5) is 0 Å². The van der Waals surface area contributed by atoms with Gasteiger partial charge in [-0.2, -0.15) is 0 Å². The molecule has 1 aliphatic heterocycles. The van der Waals surface area contributed by atoms with Crippen molar-refractivity contribution in [1.29, 1.82) is 0 Å². The van der Waals surface area contributed by atoms with Gasteiger partial charge in [0.15, 0.2) is 0 Å². The molecular formula is C14H25NO. The summed E-state index contributed by atoms with van der Waals surface area (Å²) in [5.41, 5.74) is 0.626. The zero-order valence-electron chi connectivity index (χ0n) is 11.2. The molecule has 0 aromatic heterocycles. The minimum Gasteiger partial charge on any atom is -0.339 e. The van der Waals surface area contributed by atoms with Gasteiger partial charge in [0.1, 0.15) is 0 Å². The lowest BCUT2D eigenvalue weighted by Crippen LogP contribution is -2.40. The highest BCUT2D eigenvalue weighted by Gasteiger charge is 2.28. The van der Waals surface area contributed by atoms with E-state index in [1.165, 1.54) is 6.42 Å². The van der Waals surface area contributed by atoms with Gasteiger partial charge in [-0.25, -0.2) is 0 Å². The minimum absolute atomic E-state index is 0.112. The van der Waals surface area contributed by atoms with E-state index in [0.29, 0.717) is 0 Å². The second-order valence-electron chi connectivity index (χ2n) is 5.87. The van der Waals surface area contributed by atoms with Gasteiger partial charge in [0, 0.05) is 18.7 Å². The van der Waals surface area contributed by atoms with Crippen LogP contribution in [0, 0.1) is 11.3 Å². The van der Waals surface area contributed by atoms with Crippen LogP contribution in [0.3, 0.4) is 0 Å². The molecule has 0 aromatic rings. The van der Waals surface area contributed by atoms with Crippen molar-refractivity contribution in [1.82, 2.24) is 4.90 Å². The highest BCUT2D eigenvalue weighted by Crippen LogP contribution is 2.27. The van der Waals surface area contributed by atoms with Gasteiger partial charge >= 0.3 is 0 Å². The molecule has 0 aromatic carbocycles. The number of amides is 1. The summed E-state index contributed by atoms with van der Waals surface area (Å²) in [6.45, 7) is 14.1. The van der Waals surface area contributed by atoms with Crippen molar-refractivity contribution < 1.29 is 4.79 Å². The van der Waals surface area contributed by atoms with E-state index < -0.39 is 0 Å². The van der Waals surface area contributed by atoms with Gasteiger partial charge in [0.05, 0.1) is 0 Å². The Balaban J connectivity index is 2.54. The Labute approximate surface area is 99.7 Å². The Morgan fingerprint density at radius 2 is 1.81 bits per heavy atom. The fourth-order valence-corrected chi connectivity index (χ4v) is 2.06. The molecule has 1 saturated heterocycles. The number of carbonyl (C=O) groups is 1. The van der Waals surface area contributed by atoms with Crippen LogP contribution in [-0.4, -0.2) is 23.9 Å². The number of hydrogen-bond acceptors (Lipinski definition) is 1. The van der Waals surface area contributed by atoms with Crippen molar-refractivity contribution in [2.45, 2.75) is 47.0 Å². The van der Waals surface area contributed by atoms with Gasteiger partial charge in [-0.15, -0.1) is 0 Å². The highest BCUT2D eigenvalue weighted by atomic mass is 16.2. The number of likely N-dealkylation sites (tertiary alicyclic amines) is 1. The first-order valence-corrected chi connectivity index (χ1v) is 6.35. The lowest BCUT2D eigenvalue weighted by molar-refractivity contribution is -0.129. The fourth-order valence-electron chi connectivity index (χ4n) is 2.06. The summed E-state index contributed by atoms with van der Waals surface area (Å²) < 4.78 is 0. The van der Waals surface area contributed by atoms with Crippen LogP contribution >= 0.6 is 0 Å². The molecule has 0 saturated carbocycles. The Bertz CT molecular complexity index is 267. The van der Waals surface area contributed by atoms with Crippen molar-refractivity contribution in [3.63, 3.8) is 0 Å². The average molecular weight is 223 g/mol. The van der Waals surface area contributed by atoms with Gasteiger partial charge in [0.2, 0.25) is 5.91 Å². The predicted molar refractivity (Wildman–Crippen MR) is 68.2 cm³/mol. The molecule has 0 bridgehead atoms. The third-order valence-corrected chi connectivity index (χ3v) is 3.64. The number of carbonyl (C=O) groups excluding carboxylic acids is 1. The van der Waals surface area contributed by atoms with E-state index in [0.717, 1.165) is 37.4 Å². The summed E-state index contributed by atoms with van der Waals surface area (Å²) in [6.07, 6.45) is 3.54. The van der Waals surface area contributed by atoms with E-state index in [9.17, 15) is 4.79 Å². The molecule has 0 radical (unpaired) electrons. The zero-order chi connectivity index (χ0) is 12.3. The molecular weight excluding hydrogens is 198 g/mol. The molecule has 0 unspecified atom stereocenters. The summed E-state index contributed by atoms with van der Waals surface area (Å²) in [4.78, 5) is 14.1. The molecule has 16 heavy (non-hydrogen) atoms. The van der Waals surface area contributed by atoms with Crippen LogP contribution in [0.1, 0.15) is 47.0 Å². The number of nitrogens with zero attached hydrogens (tertiary/aromatic N) is 1. The van der Waals surface area contributed by atoms with E-state index in [4.69, 9.17) is 0 Å². The largest absolute Gasteiger partial charge is 0.339 e. The molecule has 0 N–H and O–H groups in total. The van der Waals surface area contributed by atoms with Gasteiger partial charge in [-0.05, 0) is 24.2 Å². The van der Waals surface area contributed by atoms with Crippen LogP contribution in [0.15, 0.2) is 12.2 Å². The van der Waals surface area contributed by atoms with Crippen molar-refractivity contribution >= 4 is 5.91 Å². The first-order chi connectivity index (χ1) is 7.36. The smallest absolute Gasteiger partial charge is 0.249 e. The molecule has 1 aliphatic rings. The standard InChI is InChI=1S/C14H25NO/c1-6-12-7-9-15(10-8-12)13(16)11(2)14(3,4)5/h12H,2,6-10H2,1,3-5H3. The summed E-state index contributed by atoms with van der Waals surface area (Å²) >= 11 is 0. The number of rotatable bonds is 2. The monoisotopic (exact) mass is 223 g/mol. The summed E-state index contributed by atoms with van der Waals surface area (Å²) in [5, 5.41) is 0. The van der Waals surface area contributed by atoms with Crippen molar-refractivity contribution in [3.8, 4) is 0 Å². The molecule has 0 spiro atoms. The average Bonchev–Trinajstić information content (AvgIpc) is 2.26. The van der Waals surface area contributed by atoms with Gasteiger partial charge in [-0.1, -0.05) is 40.7 Å². The normalized spacial score (nSPS) is 18.6. The van der Waals surface area contributed by atoms with Crippen LogP contribution in [0.5, 0.6) is 0 Å². The van der Waals surface area contributed by atoms with Gasteiger partial charge < -0.3 is 4.90 Å². The molecule has 0 aliphatic carbocycles. The third-order valence-electron chi connectivity index (χ3n) is 3.64. The van der Waals surface area contributed by atoms with E-state index in [1.807, 2.05) is 25.7 Å². The lowest BCUT2D eigenvalue weighted by Gasteiger charge is -2.34. The van der Waals surface area contributed by atoms with Crippen LogP contribution in [-0.2, 0) is 4.79 Å². The summed E-state index contributed by atoms with van der Waals surface area (Å²) in [6, 6.07) is 0. The minimum atomic E-state index is -0.112. The van der Waals surface area contributed by atoms with Gasteiger partial charge in [0.25, 0.3) is 0 Å². The van der Waals surface area contributed by atoms with E-state index in [1.54, 1.807) is 0 Å². The first-order valence-electron chi connectivity index (χ1n) is 6.35. The Kier molecular flexibility index (Phi) is 4.17. The Hall–Kier alpha value is -0.790. The molecule has 2 heteroatoms. The SMILES string of the molecule is C=C(C(=O)N1CCC(CC)CC1)C(C)(C)C. The summed E-state index contributed by atoms with van der Waals surface area (Å²) in [5.74, 6) is 0.967. The molecule has 1 amide bonds. The van der Waals surface area contributed by atoms with Crippen LogP contribution < -0.4 is 0 Å². The second-order valence-corrected chi connectivity index (χ2v) is 5.87. The Morgan fingerprint density at radius 1 is 1.31 bits per heavy atom.